The summed E-state index contributed by atoms with van der Waals surface area (Å²) in [6, 6.07) is 3.42. The monoisotopic (exact) mass is 252 g/mol. The SMILES string of the molecule is COc1cc(C2(C(=O)O)CC2)cc(OC)c1OC. The molecule has 1 aromatic carbocycles. The van der Waals surface area contributed by atoms with Crippen molar-refractivity contribution >= 4 is 5.97 Å². The number of rotatable bonds is 5. The molecule has 0 amide bonds. The summed E-state index contributed by atoms with van der Waals surface area (Å²) < 4.78 is 15.7. The minimum absolute atomic E-state index is 0.477. The number of carboxylic acid groups (broad SMARTS) is 1. The molecule has 0 radical (unpaired) electrons. The fourth-order valence-corrected chi connectivity index (χ4v) is 2.11. The van der Waals surface area contributed by atoms with Gasteiger partial charge in [-0.1, -0.05) is 0 Å². The third kappa shape index (κ3) is 1.75. The van der Waals surface area contributed by atoms with Crippen molar-refractivity contribution in [2.45, 2.75) is 18.3 Å². The number of aliphatic carboxylic acids is 1. The quantitative estimate of drug-likeness (QED) is 0.866. The van der Waals surface area contributed by atoms with Crippen molar-refractivity contribution in [1.82, 2.24) is 0 Å². The van der Waals surface area contributed by atoms with Gasteiger partial charge in [-0.3, -0.25) is 4.79 Å². The Morgan fingerprint density at radius 1 is 1.11 bits per heavy atom. The average molecular weight is 252 g/mol. The van der Waals surface area contributed by atoms with E-state index in [1.165, 1.54) is 21.3 Å². The lowest BCUT2D eigenvalue weighted by molar-refractivity contribution is -0.140. The van der Waals surface area contributed by atoms with E-state index in [2.05, 4.69) is 0 Å². The van der Waals surface area contributed by atoms with Crippen molar-refractivity contribution in [2.75, 3.05) is 21.3 Å². The van der Waals surface area contributed by atoms with E-state index < -0.39 is 11.4 Å². The Morgan fingerprint density at radius 2 is 1.61 bits per heavy atom. The molecular weight excluding hydrogens is 236 g/mol. The van der Waals surface area contributed by atoms with E-state index >= 15 is 0 Å². The zero-order valence-electron chi connectivity index (χ0n) is 10.6. The summed E-state index contributed by atoms with van der Waals surface area (Å²) in [6.07, 6.45) is 1.28. The summed E-state index contributed by atoms with van der Waals surface area (Å²) in [4.78, 5) is 11.3. The maximum absolute atomic E-state index is 11.3. The van der Waals surface area contributed by atoms with Crippen LogP contribution >= 0.6 is 0 Å². The second-order valence-corrected chi connectivity index (χ2v) is 4.30. The molecule has 0 aromatic heterocycles. The number of carboxylic acids is 1. The zero-order valence-corrected chi connectivity index (χ0v) is 10.6. The number of hydrogen-bond acceptors (Lipinski definition) is 4. The minimum atomic E-state index is -0.809. The molecule has 1 aliphatic carbocycles. The van der Waals surface area contributed by atoms with Crippen molar-refractivity contribution in [1.29, 1.82) is 0 Å². The van der Waals surface area contributed by atoms with Crippen molar-refractivity contribution in [3.05, 3.63) is 17.7 Å². The maximum atomic E-state index is 11.3. The van der Waals surface area contributed by atoms with E-state index in [0.717, 1.165) is 0 Å². The molecule has 0 heterocycles. The van der Waals surface area contributed by atoms with E-state index in [0.29, 0.717) is 35.7 Å². The Balaban J connectivity index is 2.54. The molecular formula is C13H16O5. The van der Waals surface area contributed by atoms with Gasteiger partial charge in [0.1, 0.15) is 0 Å². The van der Waals surface area contributed by atoms with Gasteiger partial charge in [-0.25, -0.2) is 0 Å². The Hall–Kier alpha value is -1.91. The molecule has 0 atom stereocenters. The number of benzene rings is 1. The highest BCUT2D eigenvalue weighted by Crippen LogP contribution is 2.52. The summed E-state index contributed by atoms with van der Waals surface area (Å²) in [7, 11) is 4.55. The van der Waals surface area contributed by atoms with Crippen LogP contribution in [0.2, 0.25) is 0 Å². The van der Waals surface area contributed by atoms with Crippen molar-refractivity contribution < 1.29 is 24.1 Å². The number of ether oxygens (including phenoxy) is 3. The third-order valence-electron chi connectivity index (χ3n) is 3.38. The molecule has 5 heteroatoms. The number of carbonyl (C=O) groups is 1. The van der Waals surface area contributed by atoms with Gasteiger partial charge in [0, 0.05) is 0 Å². The molecule has 1 aromatic rings. The Morgan fingerprint density at radius 3 is 1.89 bits per heavy atom. The first-order valence-corrected chi connectivity index (χ1v) is 5.63. The van der Waals surface area contributed by atoms with Gasteiger partial charge in [-0.05, 0) is 30.5 Å². The second-order valence-electron chi connectivity index (χ2n) is 4.30. The van der Waals surface area contributed by atoms with Crippen LogP contribution in [0, 0.1) is 0 Å². The highest BCUT2D eigenvalue weighted by molar-refractivity contribution is 5.85. The van der Waals surface area contributed by atoms with Crippen LogP contribution in [0.1, 0.15) is 18.4 Å². The standard InChI is InChI=1S/C13H16O5/c1-16-9-6-8(13(4-5-13)12(14)15)7-10(17-2)11(9)18-3/h6-7H,4-5H2,1-3H3,(H,14,15). The van der Waals surface area contributed by atoms with Crippen LogP contribution in [0.15, 0.2) is 12.1 Å². The predicted octanol–water partition coefficient (Wildman–Crippen LogP) is 1.83. The largest absolute Gasteiger partial charge is 0.493 e. The molecule has 0 saturated heterocycles. The predicted molar refractivity (Wildman–Crippen MR) is 64.6 cm³/mol. The molecule has 0 spiro atoms. The molecule has 0 aliphatic heterocycles. The minimum Gasteiger partial charge on any atom is -0.493 e. The van der Waals surface area contributed by atoms with Crippen LogP contribution in [0.5, 0.6) is 17.2 Å². The second kappa shape index (κ2) is 4.40. The van der Waals surface area contributed by atoms with Gasteiger partial charge in [-0.15, -0.1) is 0 Å². The lowest BCUT2D eigenvalue weighted by atomic mass is 9.95. The maximum Gasteiger partial charge on any atom is 0.314 e. The highest BCUT2D eigenvalue weighted by Gasteiger charge is 2.52. The van der Waals surface area contributed by atoms with Crippen LogP contribution in [0.4, 0.5) is 0 Å². The zero-order chi connectivity index (χ0) is 13.3. The summed E-state index contributed by atoms with van der Waals surface area (Å²) in [6.45, 7) is 0. The number of methoxy groups -OCH3 is 3. The average Bonchev–Trinajstić information content (AvgIpc) is 3.18. The first-order valence-electron chi connectivity index (χ1n) is 5.63. The topological polar surface area (TPSA) is 65.0 Å². The Labute approximate surface area is 105 Å². The smallest absolute Gasteiger partial charge is 0.314 e. The molecule has 1 saturated carbocycles. The fourth-order valence-electron chi connectivity index (χ4n) is 2.11. The van der Waals surface area contributed by atoms with E-state index in [4.69, 9.17) is 14.2 Å². The van der Waals surface area contributed by atoms with Crippen LogP contribution in [-0.2, 0) is 10.2 Å². The van der Waals surface area contributed by atoms with Gasteiger partial charge < -0.3 is 19.3 Å². The molecule has 1 fully saturated rings. The van der Waals surface area contributed by atoms with Gasteiger partial charge >= 0.3 is 5.97 Å². The molecule has 18 heavy (non-hydrogen) atoms. The molecule has 2 rings (SSSR count). The lowest BCUT2D eigenvalue weighted by Crippen LogP contribution is -2.19. The van der Waals surface area contributed by atoms with Crippen molar-refractivity contribution in [3.8, 4) is 17.2 Å². The van der Waals surface area contributed by atoms with Gasteiger partial charge in [0.15, 0.2) is 11.5 Å². The van der Waals surface area contributed by atoms with E-state index in [-0.39, 0.29) is 0 Å². The van der Waals surface area contributed by atoms with Crippen LogP contribution in [0.25, 0.3) is 0 Å². The van der Waals surface area contributed by atoms with Gasteiger partial charge in [0.2, 0.25) is 5.75 Å². The fraction of sp³-hybridized carbons (Fsp3) is 0.462. The molecule has 98 valence electrons. The Kier molecular flexibility index (Phi) is 3.07. The first-order chi connectivity index (χ1) is 8.58. The van der Waals surface area contributed by atoms with Crippen LogP contribution in [-0.4, -0.2) is 32.4 Å². The van der Waals surface area contributed by atoms with Crippen LogP contribution < -0.4 is 14.2 Å². The van der Waals surface area contributed by atoms with Crippen LogP contribution in [0.3, 0.4) is 0 Å². The first kappa shape index (κ1) is 12.5. The van der Waals surface area contributed by atoms with Crippen molar-refractivity contribution in [3.63, 3.8) is 0 Å². The van der Waals surface area contributed by atoms with Crippen molar-refractivity contribution in [2.24, 2.45) is 0 Å². The third-order valence-corrected chi connectivity index (χ3v) is 3.38. The van der Waals surface area contributed by atoms with Gasteiger partial charge in [-0.2, -0.15) is 0 Å². The highest BCUT2D eigenvalue weighted by atomic mass is 16.5. The summed E-state index contributed by atoms with van der Waals surface area (Å²) in [5.74, 6) is 0.639. The molecule has 1 aliphatic rings. The molecule has 1 N–H and O–H groups in total. The van der Waals surface area contributed by atoms with E-state index in [1.54, 1.807) is 12.1 Å². The normalized spacial score (nSPS) is 15.9. The van der Waals surface area contributed by atoms with E-state index in [1.807, 2.05) is 0 Å². The Bertz CT molecular complexity index is 451. The lowest BCUT2D eigenvalue weighted by Gasteiger charge is -2.17. The van der Waals surface area contributed by atoms with E-state index in [9.17, 15) is 9.90 Å². The molecule has 0 bridgehead atoms. The summed E-state index contributed by atoms with van der Waals surface area (Å²) in [5, 5.41) is 9.30. The summed E-state index contributed by atoms with van der Waals surface area (Å²) >= 11 is 0. The van der Waals surface area contributed by atoms with Gasteiger partial charge in [0.05, 0.1) is 26.7 Å². The number of hydrogen-bond donors (Lipinski definition) is 1. The van der Waals surface area contributed by atoms with Gasteiger partial charge in [0.25, 0.3) is 0 Å². The molecule has 5 nitrogen and oxygen atoms in total. The molecule has 0 unspecified atom stereocenters. The summed E-state index contributed by atoms with van der Waals surface area (Å²) in [5.41, 5.74) is -0.0863.